The van der Waals surface area contributed by atoms with Gasteiger partial charge in [0.15, 0.2) is 6.10 Å². The second kappa shape index (κ2) is 54.5. The van der Waals surface area contributed by atoms with Gasteiger partial charge in [-0.3, -0.25) is 14.4 Å². The van der Waals surface area contributed by atoms with Crippen molar-refractivity contribution in [3.8, 4) is 0 Å². The first kappa shape index (κ1) is 62.9. The monoisotopic (exact) mass is 915 g/mol. The highest BCUT2D eigenvalue weighted by Crippen LogP contribution is 2.16. The van der Waals surface area contributed by atoms with Crippen molar-refractivity contribution >= 4 is 17.9 Å². The third kappa shape index (κ3) is 52.7. The molecule has 65 heavy (non-hydrogen) atoms. The lowest BCUT2D eigenvalue weighted by molar-refractivity contribution is -0.167. The second-order valence-corrected chi connectivity index (χ2v) is 19.6. The van der Waals surface area contributed by atoms with Crippen LogP contribution >= 0.6 is 0 Å². The van der Waals surface area contributed by atoms with E-state index in [1.54, 1.807) is 0 Å². The molecule has 0 saturated carbocycles. The summed E-state index contributed by atoms with van der Waals surface area (Å²) < 4.78 is 16.9. The minimum atomic E-state index is -0.775. The average molecular weight is 916 g/mol. The maximum atomic E-state index is 12.8. The van der Waals surface area contributed by atoms with Gasteiger partial charge < -0.3 is 14.2 Å². The third-order valence-corrected chi connectivity index (χ3v) is 12.9. The van der Waals surface area contributed by atoms with Crippen LogP contribution in [0.4, 0.5) is 0 Å². The lowest BCUT2D eigenvalue weighted by atomic mass is 10.0. The SMILES string of the molecule is CCCCCCCC/C=C/CCCCCCCC(=O)OCC(COC(=O)CCCCCCCCCCCCCCCCCCC)OC(=O)CCCCCCC/C=C/CCCCCCCC. The lowest BCUT2D eigenvalue weighted by Crippen LogP contribution is -2.30. The number of hydrogen-bond donors (Lipinski definition) is 0. The van der Waals surface area contributed by atoms with Gasteiger partial charge in [0.05, 0.1) is 0 Å². The Morgan fingerprint density at radius 2 is 0.508 bits per heavy atom. The summed E-state index contributed by atoms with van der Waals surface area (Å²) in [6, 6.07) is 0. The zero-order valence-electron chi connectivity index (χ0n) is 43.8. The first-order valence-corrected chi connectivity index (χ1v) is 28.8. The summed E-state index contributed by atoms with van der Waals surface area (Å²) in [4.78, 5) is 38.1. The van der Waals surface area contributed by atoms with Gasteiger partial charge in [-0.1, -0.05) is 251 Å². The summed E-state index contributed by atoms with van der Waals surface area (Å²) in [5, 5.41) is 0. The van der Waals surface area contributed by atoms with E-state index in [-0.39, 0.29) is 31.1 Å². The highest BCUT2D eigenvalue weighted by Gasteiger charge is 2.19. The van der Waals surface area contributed by atoms with Gasteiger partial charge in [0.2, 0.25) is 0 Å². The Balaban J connectivity index is 4.35. The summed E-state index contributed by atoms with van der Waals surface area (Å²) >= 11 is 0. The van der Waals surface area contributed by atoms with Gasteiger partial charge in [0.25, 0.3) is 0 Å². The largest absolute Gasteiger partial charge is 0.462 e. The van der Waals surface area contributed by atoms with Crippen molar-refractivity contribution in [2.45, 2.75) is 322 Å². The first-order chi connectivity index (χ1) is 32.0. The molecule has 0 spiro atoms. The molecule has 0 aliphatic rings. The number of rotatable bonds is 53. The molecule has 6 heteroatoms. The molecule has 382 valence electrons. The average Bonchev–Trinajstić information content (AvgIpc) is 3.30. The molecule has 0 aromatic carbocycles. The third-order valence-electron chi connectivity index (χ3n) is 12.9. The highest BCUT2D eigenvalue weighted by atomic mass is 16.6. The fourth-order valence-electron chi connectivity index (χ4n) is 8.55. The number of unbranched alkanes of at least 4 members (excludes halogenated alkanes) is 38. The van der Waals surface area contributed by atoms with Crippen LogP contribution < -0.4 is 0 Å². The fraction of sp³-hybridized carbons (Fsp3) is 0.881. The Labute approximate surface area is 404 Å². The zero-order valence-corrected chi connectivity index (χ0v) is 43.8. The molecule has 0 amide bonds. The molecule has 0 aromatic heterocycles. The van der Waals surface area contributed by atoms with Crippen molar-refractivity contribution in [1.82, 2.24) is 0 Å². The van der Waals surface area contributed by atoms with Crippen molar-refractivity contribution in [1.29, 1.82) is 0 Å². The molecule has 1 unspecified atom stereocenters. The standard InChI is InChI=1S/C59H110O6/c1-4-7-10-13-16-19-22-25-28-29-32-34-37-40-43-46-49-52-58(61)64-55-56(65-59(62)53-50-47-44-41-38-35-31-27-24-21-18-15-12-9-6-3)54-63-57(60)51-48-45-42-39-36-33-30-26-23-20-17-14-11-8-5-2/h26-27,30-31,56H,4-25,28-29,32-55H2,1-3H3/b30-26+,31-27+. The summed E-state index contributed by atoms with van der Waals surface area (Å²) in [6.07, 6.45) is 63.1. The van der Waals surface area contributed by atoms with Gasteiger partial charge in [-0.25, -0.2) is 0 Å². The van der Waals surface area contributed by atoms with E-state index in [9.17, 15) is 14.4 Å². The quantitative estimate of drug-likeness (QED) is 0.0262. The van der Waals surface area contributed by atoms with E-state index >= 15 is 0 Å². The number of hydrogen-bond acceptors (Lipinski definition) is 6. The molecule has 0 fully saturated rings. The van der Waals surface area contributed by atoms with Gasteiger partial charge in [-0.05, 0) is 70.6 Å². The molecule has 0 radical (unpaired) electrons. The molecule has 0 saturated heterocycles. The summed E-state index contributed by atoms with van der Waals surface area (Å²) in [6.45, 7) is 6.66. The Hall–Kier alpha value is -2.11. The van der Waals surface area contributed by atoms with Crippen LogP contribution in [0.25, 0.3) is 0 Å². The Kier molecular flexibility index (Phi) is 52.7. The van der Waals surface area contributed by atoms with E-state index in [0.717, 1.165) is 70.6 Å². The maximum absolute atomic E-state index is 12.8. The van der Waals surface area contributed by atoms with Crippen molar-refractivity contribution in [3.63, 3.8) is 0 Å². The molecule has 1 atom stereocenters. The van der Waals surface area contributed by atoms with Crippen molar-refractivity contribution in [3.05, 3.63) is 24.3 Å². The smallest absolute Gasteiger partial charge is 0.306 e. The van der Waals surface area contributed by atoms with Gasteiger partial charge in [-0.2, -0.15) is 0 Å². The van der Waals surface area contributed by atoms with E-state index in [1.165, 1.54) is 205 Å². The van der Waals surface area contributed by atoms with Crippen molar-refractivity contribution in [2.75, 3.05) is 13.2 Å². The normalized spacial score (nSPS) is 12.1. The summed E-state index contributed by atoms with van der Waals surface area (Å²) in [5.74, 6) is -0.871. The first-order valence-electron chi connectivity index (χ1n) is 28.8. The fourth-order valence-corrected chi connectivity index (χ4v) is 8.55. The predicted octanol–water partition coefficient (Wildman–Crippen LogP) is 19.1. The maximum Gasteiger partial charge on any atom is 0.306 e. The van der Waals surface area contributed by atoms with E-state index in [0.29, 0.717) is 19.3 Å². The van der Waals surface area contributed by atoms with Crippen LogP contribution in [-0.2, 0) is 28.6 Å². The highest BCUT2D eigenvalue weighted by molar-refractivity contribution is 5.71. The molecule has 0 aromatic rings. The Bertz CT molecular complexity index is 1050. The molecular formula is C59H110O6. The number of esters is 3. The van der Waals surface area contributed by atoms with Crippen LogP contribution in [0.1, 0.15) is 316 Å². The molecule has 0 aliphatic heterocycles. The minimum Gasteiger partial charge on any atom is -0.462 e. The topological polar surface area (TPSA) is 78.9 Å². The van der Waals surface area contributed by atoms with Crippen LogP contribution in [0, 0.1) is 0 Å². The van der Waals surface area contributed by atoms with Crippen LogP contribution in [0.5, 0.6) is 0 Å². The van der Waals surface area contributed by atoms with Crippen molar-refractivity contribution < 1.29 is 28.6 Å². The Morgan fingerprint density at radius 1 is 0.292 bits per heavy atom. The van der Waals surface area contributed by atoms with E-state index in [1.807, 2.05) is 0 Å². The molecule has 0 heterocycles. The number of carbonyl (C=O) groups is 3. The van der Waals surface area contributed by atoms with Crippen LogP contribution in [0.15, 0.2) is 24.3 Å². The molecule has 0 aliphatic carbocycles. The lowest BCUT2D eigenvalue weighted by Gasteiger charge is -2.18. The van der Waals surface area contributed by atoms with Gasteiger partial charge in [0, 0.05) is 19.3 Å². The molecule has 0 bridgehead atoms. The second-order valence-electron chi connectivity index (χ2n) is 19.6. The molecule has 6 nitrogen and oxygen atoms in total. The number of carbonyl (C=O) groups excluding carboxylic acids is 3. The van der Waals surface area contributed by atoms with Crippen LogP contribution in [-0.4, -0.2) is 37.2 Å². The summed E-state index contributed by atoms with van der Waals surface area (Å²) in [5.41, 5.74) is 0. The zero-order chi connectivity index (χ0) is 47.2. The number of ether oxygens (including phenoxy) is 3. The van der Waals surface area contributed by atoms with Gasteiger partial charge in [-0.15, -0.1) is 0 Å². The molecule has 0 rings (SSSR count). The molecule has 0 N–H and O–H groups in total. The minimum absolute atomic E-state index is 0.0728. The van der Waals surface area contributed by atoms with Crippen LogP contribution in [0.2, 0.25) is 0 Å². The molecular weight excluding hydrogens is 805 g/mol. The number of allylic oxidation sites excluding steroid dienone is 4. The van der Waals surface area contributed by atoms with Crippen molar-refractivity contribution in [2.24, 2.45) is 0 Å². The van der Waals surface area contributed by atoms with Gasteiger partial charge >= 0.3 is 17.9 Å². The Morgan fingerprint density at radius 3 is 0.769 bits per heavy atom. The van der Waals surface area contributed by atoms with Crippen LogP contribution in [0.3, 0.4) is 0 Å². The van der Waals surface area contributed by atoms with Gasteiger partial charge in [0.1, 0.15) is 13.2 Å². The van der Waals surface area contributed by atoms with E-state index in [4.69, 9.17) is 14.2 Å². The summed E-state index contributed by atoms with van der Waals surface area (Å²) in [7, 11) is 0. The predicted molar refractivity (Wildman–Crippen MR) is 279 cm³/mol. The van der Waals surface area contributed by atoms with E-state index in [2.05, 4.69) is 45.1 Å². The van der Waals surface area contributed by atoms with E-state index < -0.39 is 6.10 Å².